The molecule has 0 aromatic rings. The van der Waals surface area contributed by atoms with Gasteiger partial charge in [-0.25, -0.2) is 4.79 Å². The number of hydrogen-bond donors (Lipinski definition) is 3. The number of esters is 3. The van der Waals surface area contributed by atoms with Gasteiger partial charge >= 0.3 is 23.9 Å². The van der Waals surface area contributed by atoms with Crippen molar-refractivity contribution in [2.45, 2.75) is 302 Å². The van der Waals surface area contributed by atoms with Gasteiger partial charge in [0.15, 0.2) is 24.6 Å². The van der Waals surface area contributed by atoms with Crippen molar-refractivity contribution in [1.29, 1.82) is 0 Å². The highest BCUT2D eigenvalue weighted by atomic mass is 16.7. The molecule has 1 fully saturated rings. The summed E-state index contributed by atoms with van der Waals surface area (Å²) in [7, 11) is 0. The number of aliphatic hydroxyl groups is 2. The molecule has 0 aliphatic carbocycles. The molecule has 0 spiro atoms. The smallest absolute Gasteiger partial charge is 0.335 e. The highest BCUT2D eigenvalue weighted by molar-refractivity contribution is 5.74. The van der Waals surface area contributed by atoms with Crippen LogP contribution in [0.5, 0.6) is 0 Å². The third kappa shape index (κ3) is 44.3. The molecule has 1 aliphatic rings. The fraction of sp³-hybridized carbons (Fsp3) is 0.731. The molecule has 12 heteroatoms. The quantitative estimate of drug-likeness (QED) is 0.0228. The Hall–Kier alpha value is -4.10. The van der Waals surface area contributed by atoms with Crippen LogP contribution < -0.4 is 0 Å². The Balaban J connectivity index is 2.69. The van der Waals surface area contributed by atoms with E-state index in [1.807, 2.05) is 0 Å². The number of rotatable bonds is 53. The Bertz CT molecular complexity index is 1700. The standard InChI is InChI=1S/C67H112O12/c1-4-7-10-13-16-19-22-25-28-29-30-31-34-35-38-41-44-47-50-53-59(68)75-56-58(77-60(69)54-51-48-45-42-39-36-32-26-23-20-17-14-11-8-5-2)57-76-67-65(63(72)62(71)64(79-67)66(73)74)78-61(70)55-52-49-46-43-40-37-33-27-24-21-18-15-12-9-6-3/h9,12,16,18-19,21,25-28,30-33,58,62-65,67,71-72H,4-8,10-11,13-15,17,20,22-24,29,34-57H2,1-3H3,(H,73,74)/b12-9-,19-16-,21-18-,28-25-,31-30-,32-26-,33-27-. The molecule has 6 unspecified atom stereocenters. The van der Waals surface area contributed by atoms with Crippen LogP contribution in [0.15, 0.2) is 85.1 Å². The molecule has 1 rings (SSSR count). The van der Waals surface area contributed by atoms with Gasteiger partial charge in [-0.05, 0) is 116 Å². The minimum absolute atomic E-state index is 0.0362. The van der Waals surface area contributed by atoms with Crippen LogP contribution >= 0.6 is 0 Å². The molecule has 1 saturated heterocycles. The molecule has 0 aromatic carbocycles. The Morgan fingerprint density at radius 1 is 0.430 bits per heavy atom. The van der Waals surface area contributed by atoms with Crippen LogP contribution in [-0.2, 0) is 42.9 Å². The third-order valence-corrected chi connectivity index (χ3v) is 13.9. The maximum atomic E-state index is 13.2. The summed E-state index contributed by atoms with van der Waals surface area (Å²) in [6.45, 7) is 5.84. The van der Waals surface area contributed by atoms with E-state index in [0.717, 1.165) is 141 Å². The molecular formula is C67H112O12. The van der Waals surface area contributed by atoms with Crippen molar-refractivity contribution in [1.82, 2.24) is 0 Å². The van der Waals surface area contributed by atoms with Crippen LogP contribution in [0.1, 0.15) is 265 Å². The normalized spacial score (nSPS) is 18.4. The lowest BCUT2D eigenvalue weighted by Gasteiger charge is -2.40. The summed E-state index contributed by atoms with van der Waals surface area (Å²) < 4.78 is 28.5. The maximum Gasteiger partial charge on any atom is 0.335 e. The van der Waals surface area contributed by atoms with E-state index in [2.05, 4.69) is 106 Å². The van der Waals surface area contributed by atoms with E-state index in [1.165, 1.54) is 64.2 Å². The lowest BCUT2D eigenvalue weighted by atomic mass is 9.98. The lowest BCUT2D eigenvalue weighted by molar-refractivity contribution is -0.301. The van der Waals surface area contributed by atoms with Crippen molar-refractivity contribution in [3.8, 4) is 0 Å². The van der Waals surface area contributed by atoms with E-state index >= 15 is 0 Å². The molecule has 12 nitrogen and oxygen atoms in total. The van der Waals surface area contributed by atoms with Crippen LogP contribution in [0.2, 0.25) is 0 Å². The van der Waals surface area contributed by atoms with Gasteiger partial charge in [0.25, 0.3) is 0 Å². The predicted molar refractivity (Wildman–Crippen MR) is 321 cm³/mol. The second kappa shape index (κ2) is 54.5. The molecule has 1 heterocycles. The van der Waals surface area contributed by atoms with Crippen LogP contribution in [0.3, 0.4) is 0 Å². The van der Waals surface area contributed by atoms with Crippen molar-refractivity contribution >= 4 is 23.9 Å². The zero-order valence-corrected chi connectivity index (χ0v) is 49.8. The summed E-state index contributed by atoms with van der Waals surface area (Å²) in [6, 6.07) is 0. The van der Waals surface area contributed by atoms with E-state index in [9.17, 15) is 34.5 Å². The van der Waals surface area contributed by atoms with Crippen molar-refractivity contribution in [2.75, 3.05) is 13.2 Å². The largest absolute Gasteiger partial charge is 0.479 e. The van der Waals surface area contributed by atoms with E-state index in [4.69, 9.17) is 23.7 Å². The van der Waals surface area contributed by atoms with Crippen LogP contribution in [0, 0.1) is 0 Å². The first-order valence-corrected chi connectivity index (χ1v) is 31.6. The van der Waals surface area contributed by atoms with E-state index < -0.39 is 67.3 Å². The van der Waals surface area contributed by atoms with Gasteiger partial charge in [0.1, 0.15) is 18.8 Å². The number of aliphatic hydroxyl groups excluding tert-OH is 2. The van der Waals surface area contributed by atoms with Gasteiger partial charge in [0, 0.05) is 19.3 Å². The summed E-state index contributed by atoms with van der Waals surface area (Å²) in [5.74, 6) is -3.17. The summed E-state index contributed by atoms with van der Waals surface area (Å²) in [5, 5.41) is 31.5. The van der Waals surface area contributed by atoms with E-state index in [1.54, 1.807) is 0 Å². The topological polar surface area (TPSA) is 175 Å². The molecular weight excluding hydrogens is 997 g/mol. The first kappa shape index (κ1) is 72.9. The highest BCUT2D eigenvalue weighted by Gasteiger charge is 2.50. The third-order valence-electron chi connectivity index (χ3n) is 13.9. The lowest BCUT2D eigenvalue weighted by Crippen LogP contribution is -2.61. The van der Waals surface area contributed by atoms with E-state index in [0.29, 0.717) is 19.3 Å². The van der Waals surface area contributed by atoms with Gasteiger partial charge in [-0.2, -0.15) is 0 Å². The number of ether oxygens (including phenoxy) is 5. The second-order valence-corrected chi connectivity index (χ2v) is 21.3. The van der Waals surface area contributed by atoms with E-state index in [-0.39, 0.29) is 25.9 Å². The number of aliphatic carboxylic acids is 1. The molecule has 0 bridgehead atoms. The van der Waals surface area contributed by atoms with Crippen LogP contribution in [0.4, 0.5) is 0 Å². The Kier molecular flexibility index (Phi) is 50.3. The average Bonchev–Trinajstić information content (AvgIpc) is 3.44. The number of carboxylic acids is 1. The first-order valence-electron chi connectivity index (χ1n) is 31.6. The zero-order chi connectivity index (χ0) is 57.5. The zero-order valence-electron chi connectivity index (χ0n) is 49.8. The van der Waals surface area contributed by atoms with Gasteiger partial charge in [0.2, 0.25) is 0 Å². The summed E-state index contributed by atoms with van der Waals surface area (Å²) >= 11 is 0. The molecule has 0 saturated carbocycles. The monoisotopic (exact) mass is 1110 g/mol. The number of carbonyl (C=O) groups excluding carboxylic acids is 3. The Morgan fingerprint density at radius 2 is 0.797 bits per heavy atom. The minimum Gasteiger partial charge on any atom is -0.479 e. The molecule has 0 aromatic heterocycles. The SMILES string of the molecule is CC/C=C\C/C=C\C/C=C\CCCCCCCC(=O)OC1C(OCC(COC(=O)CCCCCCCC/C=C\C/C=C\C/C=C\CCCCC)OC(=O)CCCCCCC/C=C\CCCCCCCC)OC(C(=O)O)C(O)C1O. The second-order valence-electron chi connectivity index (χ2n) is 21.3. The van der Waals surface area contributed by atoms with Gasteiger partial charge in [0.05, 0.1) is 6.61 Å². The number of allylic oxidation sites excluding steroid dienone is 14. The number of hydrogen-bond acceptors (Lipinski definition) is 11. The highest BCUT2D eigenvalue weighted by Crippen LogP contribution is 2.26. The molecule has 0 radical (unpaired) electrons. The van der Waals surface area contributed by atoms with Gasteiger partial charge in [-0.3, -0.25) is 14.4 Å². The predicted octanol–water partition coefficient (Wildman–Crippen LogP) is 16.7. The fourth-order valence-corrected chi connectivity index (χ4v) is 9.09. The van der Waals surface area contributed by atoms with Gasteiger partial charge in [-0.15, -0.1) is 0 Å². The Labute approximate surface area is 480 Å². The first-order chi connectivity index (χ1) is 38.6. The molecule has 0 amide bonds. The number of carbonyl (C=O) groups is 4. The van der Waals surface area contributed by atoms with Crippen molar-refractivity contribution < 1.29 is 58.2 Å². The fourth-order valence-electron chi connectivity index (χ4n) is 9.09. The molecule has 3 N–H and O–H groups in total. The molecule has 1 aliphatic heterocycles. The van der Waals surface area contributed by atoms with Crippen molar-refractivity contribution in [2.24, 2.45) is 0 Å². The Morgan fingerprint density at radius 3 is 1.25 bits per heavy atom. The van der Waals surface area contributed by atoms with Crippen molar-refractivity contribution in [3.63, 3.8) is 0 Å². The summed E-state index contributed by atoms with van der Waals surface area (Å²) in [4.78, 5) is 51.3. The minimum atomic E-state index is -1.92. The van der Waals surface area contributed by atoms with Crippen molar-refractivity contribution in [3.05, 3.63) is 85.1 Å². The number of carboxylic acid groups (broad SMARTS) is 1. The summed E-state index contributed by atoms with van der Waals surface area (Å²) in [5.41, 5.74) is 0. The molecule has 79 heavy (non-hydrogen) atoms. The summed E-state index contributed by atoms with van der Waals surface area (Å²) in [6.07, 6.45) is 58.2. The maximum absolute atomic E-state index is 13.2. The molecule has 6 atom stereocenters. The van der Waals surface area contributed by atoms with Gasteiger partial charge in [-0.1, -0.05) is 215 Å². The van der Waals surface area contributed by atoms with Gasteiger partial charge < -0.3 is 39.0 Å². The average molecular weight is 1110 g/mol. The van der Waals surface area contributed by atoms with Crippen LogP contribution in [0.25, 0.3) is 0 Å². The number of unbranched alkanes of at least 4 members (excludes halogenated alkanes) is 25. The molecule has 452 valence electrons. The van der Waals surface area contributed by atoms with Crippen LogP contribution in [-0.4, -0.2) is 89.2 Å².